The Labute approximate surface area is 106 Å². The van der Waals surface area contributed by atoms with Gasteiger partial charge in [-0.1, -0.05) is 6.42 Å². The van der Waals surface area contributed by atoms with E-state index in [1.165, 1.54) is 19.3 Å². The van der Waals surface area contributed by atoms with E-state index in [0.29, 0.717) is 12.5 Å². The lowest BCUT2D eigenvalue weighted by atomic mass is 9.85. The summed E-state index contributed by atoms with van der Waals surface area (Å²) in [5.74, 6) is 2.55. The van der Waals surface area contributed by atoms with Crippen molar-refractivity contribution in [3.8, 4) is 0 Å². The van der Waals surface area contributed by atoms with Crippen LogP contribution in [-0.2, 0) is 6.54 Å². The van der Waals surface area contributed by atoms with Crippen molar-refractivity contribution in [2.45, 2.75) is 45.6 Å². The summed E-state index contributed by atoms with van der Waals surface area (Å²) in [5, 5.41) is 4.60. The molecule has 5 heteroatoms. The fourth-order valence-electron chi connectivity index (χ4n) is 2.18. The molecule has 1 aliphatic rings. The molecule has 1 aliphatic carbocycles. The predicted molar refractivity (Wildman–Crippen MR) is 67.2 cm³/mol. The van der Waals surface area contributed by atoms with Crippen LogP contribution in [-0.4, -0.2) is 24.7 Å². The zero-order chi connectivity index (χ0) is 12.5. The molecule has 94 valence electrons. The molecule has 1 saturated carbocycles. The Kier molecular flexibility index (Phi) is 2.81. The molecule has 0 saturated heterocycles. The van der Waals surface area contributed by atoms with E-state index < -0.39 is 0 Å². The lowest BCUT2D eigenvalue weighted by molar-refractivity contribution is 0.399. The second-order valence-corrected chi connectivity index (χ2v) is 4.95. The molecule has 0 spiro atoms. The average Bonchev–Trinajstić information content (AvgIpc) is 2.57. The third-order valence-corrected chi connectivity index (χ3v) is 3.52. The molecule has 2 heterocycles. The van der Waals surface area contributed by atoms with Gasteiger partial charge in [-0.3, -0.25) is 0 Å². The van der Waals surface area contributed by atoms with Crippen LogP contribution in [0.25, 0.3) is 0 Å². The lowest BCUT2D eigenvalue weighted by Crippen LogP contribution is -2.11. The topological polar surface area (TPSA) is 56.5 Å². The van der Waals surface area contributed by atoms with Crippen LogP contribution in [0.15, 0.2) is 12.4 Å². The Morgan fingerprint density at radius 1 is 1.28 bits per heavy atom. The van der Waals surface area contributed by atoms with Gasteiger partial charge >= 0.3 is 0 Å². The Bertz CT molecular complexity index is 556. The second kappa shape index (κ2) is 4.48. The summed E-state index contributed by atoms with van der Waals surface area (Å²) in [6.45, 7) is 4.65. The minimum Gasteiger partial charge on any atom is -0.244 e. The first-order chi connectivity index (χ1) is 8.72. The van der Waals surface area contributed by atoms with Crippen LogP contribution in [0.4, 0.5) is 0 Å². The summed E-state index contributed by atoms with van der Waals surface area (Å²) in [7, 11) is 0. The first kappa shape index (κ1) is 11.3. The van der Waals surface area contributed by atoms with Crippen molar-refractivity contribution in [2.75, 3.05) is 0 Å². The Balaban J connectivity index is 1.81. The maximum absolute atomic E-state index is 4.60. The van der Waals surface area contributed by atoms with Crippen LogP contribution < -0.4 is 0 Å². The Morgan fingerprint density at radius 3 is 2.78 bits per heavy atom. The highest BCUT2D eigenvalue weighted by Gasteiger charge is 2.24. The molecule has 0 aliphatic heterocycles. The van der Waals surface area contributed by atoms with Gasteiger partial charge in [0.1, 0.15) is 12.2 Å². The van der Waals surface area contributed by atoms with Gasteiger partial charge in [-0.05, 0) is 32.8 Å². The van der Waals surface area contributed by atoms with Gasteiger partial charge in [0.2, 0.25) is 0 Å². The molecular formula is C13H17N5. The van der Waals surface area contributed by atoms with E-state index in [9.17, 15) is 0 Å². The molecule has 2 aromatic rings. The van der Waals surface area contributed by atoms with Crippen molar-refractivity contribution in [2.24, 2.45) is 0 Å². The minimum absolute atomic E-state index is 0.581. The summed E-state index contributed by atoms with van der Waals surface area (Å²) >= 11 is 0. The maximum atomic E-state index is 4.60. The third-order valence-electron chi connectivity index (χ3n) is 3.52. The standard InChI is InChI=1S/C13H17N5/c1-9-6-12(15-8-14-9)7-18-10(2)16-13(17-18)11-4-3-5-11/h6,8,11H,3-5,7H2,1-2H3. The normalized spacial score (nSPS) is 15.7. The summed E-state index contributed by atoms with van der Waals surface area (Å²) in [6, 6.07) is 1.99. The maximum Gasteiger partial charge on any atom is 0.154 e. The molecule has 0 atom stereocenters. The SMILES string of the molecule is Cc1cc(Cn2nc(C3CCC3)nc2C)ncn1. The number of hydrogen-bond donors (Lipinski definition) is 0. The molecule has 0 radical (unpaired) electrons. The first-order valence-electron chi connectivity index (χ1n) is 6.41. The predicted octanol–water partition coefficient (Wildman–Crippen LogP) is 2.00. The van der Waals surface area contributed by atoms with Crippen LogP contribution >= 0.6 is 0 Å². The van der Waals surface area contributed by atoms with E-state index in [-0.39, 0.29) is 0 Å². The van der Waals surface area contributed by atoms with Crippen molar-refractivity contribution in [3.63, 3.8) is 0 Å². The van der Waals surface area contributed by atoms with Crippen molar-refractivity contribution in [3.05, 3.63) is 35.4 Å². The van der Waals surface area contributed by atoms with E-state index in [4.69, 9.17) is 0 Å². The van der Waals surface area contributed by atoms with Gasteiger partial charge in [0.25, 0.3) is 0 Å². The molecule has 2 aromatic heterocycles. The van der Waals surface area contributed by atoms with Crippen molar-refractivity contribution in [1.29, 1.82) is 0 Å². The number of hydrogen-bond acceptors (Lipinski definition) is 4. The molecule has 0 unspecified atom stereocenters. The van der Waals surface area contributed by atoms with Crippen molar-refractivity contribution < 1.29 is 0 Å². The smallest absolute Gasteiger partial charge is 0.154 e. The molecule has 0 aromatic carbocycles. The van der Waals surface area contributed by atoms with E-state index in [1.54, 1.807) is 6.33 Å². The summed E-state index contributed by atoms with van der Waals surface area (Å²) in [5.41, 5.74) is 1.97. The Morgan fingerprint density at radius 2 is 2.11 bits per heavy atom. The average molecular weight is 243 g/mol. The lowest BCUT2D eigenvalue weighted by Gasteiger charge is -2.21. The minimum atomic E-state index is 0.581. The molecule has 0 bridgehead atoms. The highest BCUT2D eigenvalue weighted by atomic mass is 15.3. The second-order valence-electron chi connectivity index (χ2n) is 4.95. The fourth-order valence-corrected chi connectivity index (χ4v) is 2.18. The monoisotopic (exact) mass is 243 g/mol. The number of nitrogens with zero attached hydrogens (tertiary/aromatic N) is 5. The number of aryl methyl sites for hydroxylation is 2. The van der Waals surface area contributed by atoms with E-state index >= 15 is 0 Å². The quantitative estimate of drug-likeness (QED) is 0.827. The number of aromatic nitrogens is 5. The van der Waals surface area contributed by atoms with E-state index in [2.05, 4.69) is 20.1 Å². The van der Waals surface area contributed by atoms with Crippen molar-refractivity contribution >= 4 is 0 Å². The van der Waals surface area contributed by atoms with Crippen LogP contribution in [0.1, 0.15) is 48.2 Å². The molecule has 5 nitrogen and oxygen atoms in total. The zero-order valence-corrected chi connectivity index (χ0v) is 10.8. The summed E-state index contributed by atoms with van der Waals surface area (Å²) < 4.78 is 1.94. The van der Waals surface area contributed by atoms with Gasteiger partial charge in [0, 0.05) is 11.6 Å². The van der Waals surface area contributed by atoms with Gasteiger partial charge in [-0.25, -0.2) is 19.6 Å². The van der Waals surface area contributed by atoms with E-state index in [0.717, 1.165) is 23.0 Å². The van der Waals surface area contributed by atoms with Gasteiger partial charge in [-0.15, -0.1) is 0 Å². The van der Waals surface area contributed by atoms with Gasteiger partial charge in [-0.2, -0.15) is 5.10 Å². The molecule has 18 heavy (non-hydrogen) atoms. The highest BCUT2D eigenvalue weighted by Crippen LogP contribution is 2.34. The van der Waals surface area contributed by atoms with Crippen LogP contribution in [0.3, 0.4) is 0 Å². The zero-order valence-electron chi connectivity index (χ0n) is 10.8. The number of rotatable bonds is 3. The third kappa shape index (κ3) is 2.12. The fraction of sp³-hybridized carbons (Fsp3) is 0.538. The Hall–Kier alpha value is -1.78. The van der Waals surface area contributed by atoms with Crippen LogP contribution in [0.5, 0.6) is 0 Å². The van der Waals surface area contributed by atoms with Gasteiger partial charge in [0.05, 0.1) is 12.2 Å². The largest absolute Gasteiger partial charge is 0.244 e. The summed E-state index contributed by atoms with van der Waals surface area (Å²) in [6.07, 6.45) is 5.37. The summed E-state index contributed by atoms with van der Waals surface area (Å²) in [4.78, 5) is 12.9. The van der Waals surface area contributed by atoms with Gasteiger partial charge in [0.15, 0.2) is 5.82 Å². The molecule has 0 amide bonds. The van der Waals surface area contributed by atoms with Crippen molar-refractivity contribution in [1.82, 2.24) is 24.7 Å². The van der Waals surface area contributed by atoms with Crippen LogP contribution in [0, 0.1) is 13.8 Å². The molecule has 0 N–H and O–H groups in total. The van der Waals surface area contributed by atoms with E-state index in [1.807, 2.05) is 24.6 Å². The first-order valence-corrected chi connectivity index (χ1v) is 6.41. The molecule has 1 fully saturated rings. The highest BCUT2D eigenvalue weighted by molar-refractivity contribution is 5.08. The molecule has 3 rings (SSSR count). The van der Waals surface area contributed by atoms with Gasteiger partial charge < -0.3 is 0 Å². The van der Waals surface area contributed by atoms with Crippen LogP contribution in [0.2, 0.25) is 0 Å². The molecular weight excluding hydrogens is 226 g/mol.